The van der Waals surface area contributed by atoms with Gasteiger partial charge in [-0.25, -0.2) is 0 Å². The van der Waals surface area contributed by atoms with Crippen molar-refractivity contribution < 1.29 is 14.3 Å². The summed E-state index contributed by atoms with van der Waals surface area (Å²) in [6.45, 7) is 2.00. The van der Waals surface area contributed by atoms with Crippen LogP contribution in [-0.2, 0) is 0 Å². The van der Waals surface area contributed by atoms with Gasteiger partial charge in [0, 0.05) is 25.4 Å². The second-order valence-electron chi connectivity index (χ2n) is 6.71. The zero-order valence-electron chi connectivity index (χ0n) is 14.1. The van der Waals surface area contributed by atoms with E-state index < -0.39 is 0 Å². The number of carbonyl (C=O) groups is 1. The van der Waals surface area contributed by atoms with Gasteiger partial charge in [-0.1, -0.05) is 12.1 Å². The molecular formula is C20H22N2O3. The van der Waals surface area contributed by atoms with Gasteiger partial charge in [0.15, 0.2) is 0 Å². The second kappa shape index (κ2) is 7.13. The Morgan fingerprint density at radius 1 is 1.12 bits per heavy atom. The molecule has 2 heterocycles. The number of ether oxygens (including phenoxy) is 2. The van der Waals surface area contributed by atoms with Gasteiger partial charge < -0.3 is 14.4 Å². The van der Waals surface area contributed by atoms with Gasteiger partial charge >= 0.3 is 0 Å². The lowest BCUT2D eigenvalue weighted by atomic mass is 10.1. The first-order valence-electron chi connectivity index (χ1n) is 8.87. The summed E-state index contributed by atoms with van der Waals surface area (Å²) < 4.78 is 11.8. The third-order valence-electron chi connectivity index (χ3n) is 4.67. The SMILES string of the molecule is O=C(c1ccccc1OCC1CC1)N1CCC(Oc2ccncc2)C1. The number of pyridine rings is 1. The molecule has 2 fully saturated rings. The molecule has 0 bridgehead atoms. The number of para-hydroxylation sites is 1. The fourth-order valence-electron chi connectivity index (χ4n) is 3.05. The monoisotopic (exact) mass is 338 g/mol. The highest BCUT2D eigenvalue weighted by atomic mass is 16.5. The molecule has 1 aromatic heterocycles. The van der Waals surface area contributed by atoms with E-state index >= 15 is 0 Å². The van der Waals surface area contributed by atoms with Gasteiger partial charge in [-0.2, -0.15) is 0 Å². The molecule has 0 N–H and O–H groups in total. The van der Waals surface area contributed by atoms with Gasteiger partial charge in [-0.3, -0.25) is 9.78 Å². The molecule has 130 valence electrons. The number of nitrogens with zero attached hydrogens (tertiary/aromatic N) is 2. The van der Waals surface area contributed by atoms with Gasteiger partial charge in [0.05, 0.1) is 18.7 Å². The molecule has 1 aliphatic carbocycles. The molecule has 5 nitrogen and oxygen atoms in total. The van der Waals surface area contributed by atoms with Gasteiger partial charge in [-0.15, -0.1) is 0 Å². The normalized spacial score (nSPS) is 19.7. The number of carbonyl (C=O) groups excluding carboxylic acids is 1. The Bertz CT molecular complexity index is 731. The standard InChI is InChI=1S/C20H22N2O3/c23-20(18-3-1-2-4-19(18)24-14-15-5-6-15)22-12-9-17(13-22)25-16-7-10-21-11-8-16/h1-4,7-8,10-11,15,17H,5-6,9,12-14H2. The smallest absolute Gasteiger partial charge is 0.257 e. The Morgan fingerprint density at radius 2 is 1.92 bits per heavy atom. The predicted molar refractivity (Wildman–Crippen MR) is 93.8 cm³/mol. The molecule has 1 unspecified atom stereocenters. The Hall–Kier alpha value is -2.56. The molecule has 25 heavy (non-hydrogen) atoms. The van der Waals surface area contributed by atoms with Crippen molar-refractivity contribution in [1.29, 1.82) is 0 Å². The zero-order chi connectivity index (χ0) is 17.1. The molecule has 1 saturated carbocycles. The minimum Gasteiger partial charge on any atom is -0.492 e. The molecule has 5 heteroatoms. The average Bonchev–Trinajstić information content (AvgIpc) is 3.38. The van der Waals surface area contributed by atoms with Crippen molar-refractivity contribution in [2.45, 2.75) is 25.4 Å². The summed E-state index contributed by atoms with van der Waals surface area (Å²) in [4.78, 5) is 18.7. The van der Waals surface area contributed by atoms with E-state index in [0.29, 0.717) is 36.9 Å². The van der Waals surface area contributed by atoms with E-state index in [0.717, 1.165) is 12.2 Å². The summed E-state index contributed by atoms with van der Waals surface area (Å²) in [6.07, 6.45) is 6.73. The molecule has 1 atom stereocenters. The molecule has 2 aromatic rings. The van der Waals surface area contributed by atoms with Crippen molar-refractivity contribution in [3.8, 4) is 11.5 Å². The van der Waals surface area contributed by atoms with E-state index in [2.05, 4.69) is 4.98 Å². The van der Waals surface area contributed by atoms with E-state index in [9.17, 15) is 4.79 Å². The summed E-state index contributed by atoms with van der Waals surface area (Å²) in [6, 6.07) is 11.2. The molecule has 1 aliphatic heterocycles. The number of likely N-dealkylation sites (tertiary alicyclic amines) is 1. The first-order valence-corrected chi connectivity index (χ1v) is 8.87. The average molecular weight is 338 g/mol. The van der Waals surface area contributed by atoms with E-state index in [1.54, 1.807) is 12.4 Å². The van der Waals surface area contributed by atoms with Crippen molar-refractivity contribution >= 4 is 5.91 Å². The molecule has 1 amide bonds. The summed E-state index contributed by atoms with van der Waals surface area (Å²) in [7, 11) is 0. The highest BCUT2D eigenvalue weighted by molar-refractivity contribution is 5.97. The Morgan fingerprint density at radius 3 is 2.72 bits per heavy atom. The van der Waals surface area contributed by atoms with Gasteiger partial charge in [0.1, 0.15) is 17.6 Å². The van der Waals surface area contributed by atoms with Crippen LogP contribution in [0, 0.1) is 5.92 Å². The van der Waals surface area contributed by atoms with Crippen LogP contribution < -0.4 is 9.47 Å². The lowest BCUT2D eigenvalue weighted by Crippen LogP contribution is -2.31. The van der Waals surface area contributed by atoms with Crippen LogP contribution >= 0.6 is 0 Å². The first-order chi connectivity index (χ1) is 12.3. The Balaban J connectivity index is 1.39. The minimum absolute atomic E-state index is 0.0193. The molecule has 4 rings (SSSR count). The second-order valence-corrected chi connectivity index (χ2v) is 6.71. The van der Waals surface area contributed by atoms with E-state index in [-0.39, 0.29) is 12.0 Å². The molecular weight excluding hydrogens is 316 g/mol. The quantitative estimate of drug-likeness (QED) is 0.812. The number of hydrogen-bond acceptors (Lipinski definition) is 4. The third-order valence-corrected chi connectivity index (χ3v) is 4.67. The summed E-state index contributed by atoms with van der Waals surface area (Å²) in [5, 5.41) is 0. The van der Waals surface area contributed by atoms with Crippen molar-refractivity contribution in [1.82, 2.24) is 9.88 Å². The molecule has 0 spiro atoms. The van der Waals surface area contributed by atoms with Crippen molar-refractivity contribution in [3.63, 3.8) is 0 Å². The number of benzene rings is 1. The first kappa shape index (κ1) is 15.9. The predicted octanol–water partition coefficient (Wildman–Crippen LogP) is 3.16. The third kappa shape index (κ3) is 3.92. The van der Waals surface area contributed by atoms with Crippen LogP contribution in [-0.4, -0.2) is 41.6 Å². The van der Waals surface area contributed by atoms with Gasteiger partial charge in [0.25, 0.3) is 5.91 Å². The topological polar surface area (TPSA) is 51.7 Å². The maximum absolute atomic E-state index is 12.9. The maximum atomic E-state index is 12.9. The van der Waals surface area contributed by atoms with Crippen LogP contribution in [0.1, 0.15) is 29.6 Å². The van der Waals surface area contributed by atoms with Crippen LogP contribution in [0.25, 0.3) is 0 Å². The number of hydrogen-bond donors (Lipinski definition) is 0. The summed E-state index contributed by atoms with van der Waals surface area (Å²) >= 11 is 0. The van der Waals surface area contributed by atoms with Gasteiger partial charge in [-0.05, 0) is 43.0 Å². The fraction of sp³-hybridized carbons (Fsp3) is 0.400. The molecule has 1 aromatic carbocycles. The van der Waals surface area contributed by atoms with E-state index in [4.69, 9.17) is 9.47 Å². The minimum atomic E-state index is 0.0193. The molecule has 0 radical (unpaired) electrons. The van der Waals surface area contributed by atoms with Crippen LogP contribution in [0.15, 0.2) is 48.8 Å². The highest BCUT2D eigenvalue weighted by Gasteiger charge is 2.30. The zero-order valence-corrected chi connectivity index (χ0v) is 14.1. The largest absolute Gasteiger partial charge is 0.492 e. The Kier molecular flexibility index (Phi) is 4.55. The lowest BCUT2D eigenvalue weighted by molar-refractivity contribution is 0.0767. The highest BCUT2D eigenvalue weighted by Crippen LogP contribution is 2.31. The van der Waals surface area contributed by atoms with Crippen LogP contribution in [0.2, 0.25) is 0 Å². The van der Waals surface area contributed by atoms with E-state index in [1.165, 1.54) is 12.8 Å². The van der Waals surface area contributed by atoms with Crippen molar-refractivity contribution in [2.24, 2.45) is 5.92 Å². The molecule has 1 saturated heterocycles. The number of amides is 1. The summed E-state index contributed by atoms with van der Waals surface area (Å²) in [5.41, 5.74) is 0.646. The Labute approximate surface area is 147 Å². The van der Waals surface area contributed by atoms with Crippen molar-refractivity contribution in [2.75, 3.05) is 19.7 Å². The number of rotatable bonds is 6. The van der Waals surface area contributed by atoms with Crippen LogP contribution in [0.5, 0.6) is 11.5 Å². The fourth-order valence-corrected chi connectivity index (χ4v) is 3.05. The molecule has 2 aliphatic rings. The maximum Gasteiger partial charge on any atom is 0.257 e. The van der Waals surface area contributed by atoms with Gasteiger partial charge in [0.2, 0.25) is 0 Å². The lowest BCUT2D eigenvalue weighted by Gasteiger charge is -2.19. The summed E-state index contributed by atoms with van der Waals surface area (Å²) in [5.74, 6) is 2.17. The van der Waals surface area contributed by atoms with Crippen LogP contribution in [0.3, 0.4) is 0 Å². The van der Waals surface area contributed by atoms with E-state index in [1.807, 2.05) is 41.3 Å². The van der Waals surface area contributed by atoms with Crippen molar-refractivity contribution in [3.05, 3.63) is 54.4 Å². The van der Waals surface area contributed by atoms with Crippen LogP contribution in [0.4, 0.5) is 0 Å². The number of aromatic nitrogens is 1.